The molecule has 1 aliphatic rings. The lowest BCUT2D eigenvalue weighted by atomic mass is 10.2. The summed E-state index contributed by atoms with van der Waals surface area (Å²) in [6.07, 6.45) is 4.37. The molecule has 1 aliphatic heterocycles. The zero-order valence-corrected chi connectivity index (χ0v) is 21.5. The maximum absolute atomic E-state index is 12.0. The molecule has 2 aromatic rings. The second kappa shape index (κ2) is 12.0. The van der Waals surface area contributed by atoms with Gasteiger partial charge < -0.3 is 20.3 Å². The molecule has 168 valence electrons. The van der Waals surface area contributed by atoms with Crippen LogP contribution in [0.15, 0.2) is 41.4 Å². The smallest absolute Gasteiger partial charge is 0.350 e. The third-order valence-corrected chi connectivity index (χ3v) is 6.12. The van der Waals surface area contributed by atoms with E-state index in [0.29, 0.717) is 29.7 Å². The molecule has 1 atom stereocenters. The van der Waals surface area contributed by atoms with Crippen molar-refractivity contribution in [2.45, 2.75) is 33.4 Å². The summed E-state index contributed by atoms with van der Waals surface area (Å²) in [5, 5.41) is 7.50. The molecular formula is C22H30IN5O2S. The van der Waals surface area contributed by atoms with Gasteiger partial charge in [-0.2, -0.15) is 0 Å². The Morgan fingerprint density at radius 2 is 1.97 bits per heavy atom. The van der Waals surface area contributed by atoms with E-state index in [2.05, 4.69) is 61.9 Å². The molecular weight excluding hydrogens is 525 g/mol. The number of guanidine groups is 1. The zero-order chi connectivity index (χ0) is 21.5. The van der Waals surface area contributed by atoms with E-state index in [9.17, 15) is 4.79 Å². The van der Waals surface area contributed by atoms with Crippen molar-refractivity contribution < 1.29 is 9.53 Å². The van der Waals surface area contributed by atoms with E-state index in [1.54, 1.807) is 14.0 Å². The maximum Gasteiger partial charge on any atom is 0.350 e. The van der Waals surface area contributed by atoms with Crippen molar-refractivity contribution >= 4 is 52.9 Å². The van der Waals surface area contributed by atoms with Gasteiger partial charge in [0.2, 0.25) is 0 Å². The van der Waals surface area contributed by atoms with Gasteiger partial charge >= 0.3 is 5.97 Å². The van der Waals surface area contributed by atoms with E-state index in [0.717, 1.165) is 18.1 Å². The molecule has 0 saturated heterocycles. The van der Waals surface area contributed by atoms with Crippen LogP contribution in [0, 0.1) is 6.92 Å². The molecule has 0 amide bonds. The van der Waals surface area contributed by atoms with E-state index >= 15 is 0 Å². The minimum atomic E-state index is -0.318. The quantitative estimate of drug-likeness (QED) is 0.177. The van der Waals surface area contributed by atoms with Gasteiger partial charge in [0.05, 0.1) is 18.3 Å². The molecule has 0 aliphatic carbocycles. The summed E-state index contributed by atoms with van der Waals surface area (Å²) in [5.41, 5.74) is 3.10. The van der Waals surface area contributed by atoms with E-state index in [4.69, 9.17) is 4.74 Å². The Labute approximate surface area is 205 Å². The number of hydrogen-bond donors (Lipinski definition) is 2. The fourth-order valence-corrected chi connectivity index (χ4v) is 4.11. The molecule has 0 saturated carbocycles. The van der Waals surface area contributed by atoms with Crippen molar-refractivity contribution in [1.82, 2.24) is 15.6 Å². The highest BCUT2D eigenvalue weighted by Crippen LogP contribution is 2.24. The predicted molar refractivity (Wildman–Crippen MR) is 138 cm³/mol. The normalized spacial score (nSPS) is 14.2. The highest BCUT2D eigenvalue weighted by molar-refractivity contribution is 14.0. The van der Waals surface area contributed by atoms with Crippen molar-refractivity contribution in [2.24, 2.45) is 4.99 Å². The lowest BCUT2D eigenvalue weighted by Crippen LogP contribution is -2.38. The van der Waals surface area contributed by atoms with Crippen LogP contribution in [0.3, 0.4) is 0 Å². The molecule has 1 aromatic heterocycles. The number of esters is 1. The summed E-state index contributed by atoms with van der Waals surface area (Å²) >= 11 is 1.36. The maximum atomic E-state index is 12.0. The first-order valence-corrected chi connectivity index (χ1v) is 10.9. The topological polar surface area (TPSA) is 78.8 Å². The number of thiazole rings is 1. The van der Waals surface area contributed by atoms with Gasteiger partial charge in [0.15, 0.2) is 5.96 Å². The number of aryl methyl sites for hydroxylation is 1. The average molecular weight is 555 g/mol. The van der Waals surface area contributed by atoms with Crippen LogP contribution in [-0.2, 0) is 11.3 Å². The number of anilines is 1. The standard InChI is InChI=1S/C22H29N5O2S.HI/c1-5-29-21(28)19-15(2)25-20(30-19)16(3)26-22(23-4)24-14-17-8-10-18(11-9-17)27-12-6-7-13-27;/h6-11,16H,5,12-14H2,1-4H3,(H2,23,24,26);1H. The van der Waals surface area contributed by atoms with Gasteiger partial charge in [-0.3, -0.25) is 4.99 Å². The van der Waals surface area contributed by atoms with Gasteiger partial charge in [-0.15, -0.1) is 35.3 Å². The highest BCUT2D eigenvalue weighted by Gasteiger charge is 2.20. The monoisotopic (exact) mass is 555 g/mol. The van der Waals surface area contributed by atoms with Crippen LogP contribution >= 0.6 is 35.3 Å². The van der Waals surface area contributed by atoms with Gasteiger partial charge in [-0.25, -0.2) is 9.78 Å². The molecule has 0 radical (unpaired) electrons. The van der Waals surface area contributed by atoms with E-state index < -0.39 is 0 Å². The molecule has 9 heteroatoms. The lowest BCUT2D eigenvalue weighted by molar-refractivity contribution is 0.0531. The van der Waals surface area contributed by atoms with Crippen molar-refractivity contribution in [3.8, 4) is 0 Å². The second-order valence-corrected chi connectivity index (χ2v) is 8.05. The molecule has 7 nitrogen and oxygen atoms in total. The van der Waals surface area contributed by atoms with Crippen LogP contribution < -0.4 is 15.5 Å². The van der Waals surface area contributed by atoms with Crippen LogP contribution in [-0.4, -0.2) is 43.7 Å². The summed E-state index contributed by atoms with van der Waals surface area (Å²) in [6.45, 7) is 8.58. The minimum absolute atomic E-state index is 0. The van der Waals surface area contributed by atoms with Crippen molar-refractivity contribution in [3.05, 3.63) is 57.6 Å². The summed E-state index contributed by atoms with van der Waals surface area (Å²) in [7, 11) is 1.74. The Morgan fingerprint density at radius 3 is 2.58 bits per heavy atom. The van der Waals surface area contributed by atoms with Crippen molar-refractivity contribution in [1.29, 1.82) is 0 Å². The zero-order valence-electron chi connectivity index (χ0n) is 18.3. The van der Waals surface area contributed by atoms with E-state index in [1.807, 2.05) is 13.8 Å². The number of benzene rings is 1. The molecule has 1 unspecified atom stereocenters. The molecule has 0 bridgehead atoms. The lowest BCUT2D eigenvalue weighted by Gasteiger charge is -2.19. The van der Waals surface area contributed by atoms with Crippen LogP contribution in [0.25, 0.3) is 0 Å². The number of nitrogens with zero attached hydrogens (tertiary/aromatic N) is 3. The first kappa shape index (κ1) is 25.1. The first-order chi connectivity index (χ1) is 14.5. The number of halogens is 1. The fraction of sp³-hybridized carbons (Fsp3) is 0.409. The molecule has 0 fully saturated rings. The number of aliphatic imine (C=N–C) groups is 1. The number of nitrogens with one attached hydrogen (secondary N) is 2. The van der Waals surface area contributed by atoms with Gasteiger partial charge in [-0.1, -0.05) is 24.3 Å². The third kappa shape index (κ3) is 6.67. The summed E-state index contributed by atoms with van der Waals surface area (Å²) in [4.78, 5) is 23.7. The predicted octanol–water partition coefficient (Wildman–Crippen LogP) is 4.05. The van der Waals surface area contributed by atoms with Gasteiger partial charge in [-0.05, 0) is 38.5 Å². The fourth-order valence-electron chi connectivity index (χ4n) is 3.15. The Morgan fingerprint density at radius 1 is 1.29 bits per heavy atom. The molecule has 1 aromatic carbocycles. The number of carbonyl (C=O) groups is 1. The first-order valence-electron chi connectivity index (χ1n) is 10.1. The van der Waals surface area contributed by atoms with E-state index in [-0.39, 0.29) is 36.0 Å². The van der Waals surface area contributed by atoms with Crippen molar-refractivity contribution in [3.63, 3.8) is 0 Å². The van der Waals surface area contributed by atoms with Crippen LogP contribution in [0.1, 0.15) is 45.8 Å². The van der Waals surface area contributed by atoms with Crippen LogP contribution in [0.5, 0.6) is 0 Å². The van der Waals surface area contributed by atoms with Gasteiger partial charge in [0.1, 0.15) is 9.88 Å². The minimum Gasteiger partial charge on any atom is -0.462 e. The number of ether oxygens (including phenoxy) is 1. The number of hydrogen-bond acceptors (Lipinski definition) is 6. The Kier molecular flexibility index (Phi) is 9.76. The second-order valence-electron chi connectivity index (χ2n) is 7.02. The molecule has 0 spiro atoms. The van der Waals surface area contributed by atoms with E-state index in [1.165, 1.54) is 22.6 Å². The van der Waals surface area contributed by atoms with Gasteiger partial charge in [0, 0.05) is 32.4 Å². The molecule has 2 N–H and O–H groups in total. The number of aromatic nitrogens is 1. The Balaban J connectivity index is 0.00000341. The Hall–Kier alpha value is -2.14. The average Bonchev–Trinajstić information content (AvgIpc) is 3.41. The largest absolute Gasteiger partial charge is 0.462 e. The SMILES string of the molecule is CCOC(=O)c1sc(C(C)NC(=NC)NCc2ccc(N3CC=CC3)cc2)nc1C.I. The van der Waals surface area contributed by atoms with Gasteiger partial charge in [0.25, 0.3) is 0 Å². The summed E-state index contributed by atoms with van der Waals surface area (Å²) < 4.78 is 5.10. The number of rotatable bonds is 7. The highest BCUT2D eigenvalue weighted by atomic mass is 127. The third-order valence-electron chi connectivity index (χ3n) is 4.80. The summed E-state index contributed by atoms with van der Waals surface area (Å²) in [6, 6.07) is 8.48. The van der Waals surface area contributed by atoms with Crippen LogP contribution in [0.2, 0.25) is 0 Å². The Bertz CT molecular complexity index is 918. The van der Waals surface area contributed by atoms with Crippen LogP contribution in [0.4, 0.5) is 5.69 Å². The number of carbonyl (C=O) groups excluding carboxylic acids is 1. The molecule has 31 heavy (non-hydrogen) atoms. The molecule has 3 rings (SSSR count). The van der Waals surface area contributed by atoms with Crippen molar-refractivity contribution in [2.75, 3.05) is 31.6 Å². The molecule has 2 heterocycles. The summed E-state index contributed by atoms with van der Waals surface area (Å²) in [5.74, 6) is 0.363.